The summed E-state index contributed by atoms with van der Waals surface area (Å²) in [5, 5.41) is 8.88. The molecule has 2 rings (SSSR count). The Bertz CT molecular complexity index is 646. The van der Waals surface area contributed by atoms with E-state index >= 15 is 0 Å². The first-order valence-corrected chi connectivity index (χ1v) is 7.86. The van der Waals surface area contributed by atoms with Gasteiger partial charge in [0.25, 0.3) is 0 Å². The topological polar surface area (TPSA) is 83.9 Å². The van der Waals surface area contributed by atoms with Crippen molar-refractivity contribution >= 4 is 16.0 Å². The van der Waals surface area contributed by atoms with Gasteiger partial charge in [0.05, 0.1) is 16.6 Å². The van der Waals surface area contributed by atoms with Crippen LogP contribution in [-0.2, 0) is 14.8 Å². The highest BCUT2D eigenvalue weighted by Gasteiger charge is 2.31. The van der Waals surface area contributed by atoms with Crippen molar-refractivity contribution in [2.75, 3.05) is 20.2 Å². The second kappa shape index (κ2) is 6.08. The molecule has 21 heavy (non-hydrogen) atoms. The molecular formula is C13H16FNO5S. The van der Waals surface area contributed by atoms with Crippen LogP contribution in [0.25, 0.3) is 0 Å². The Labute approximate surface area is 122 Å². The number of sulfonamides is 1. The summed E-state index contributed by atoms with van der Waals surface area (Å²) in [5.41, 5.74) is -0.656. The van der Waals surface area contributed by atoms with Crippen LogP contribution in [0.4, 0.5) is 4.39 Å². The molecule has 0 spiro atoms. The summed E-state index contributed by atoms with van der Waals surface area (Å²) in [6.07, 6.45) is 1.24. The summed E-state index contributed by atoms with van der Waals surface area (Å²) < 4.78 is 44.8. The van der Waals surface area contributed by atoms with Gasteiger partial charge in [-0.1, -0.05) is 0 Å². The standard InChI is InChI=1S/C13H16FNO5S/c1-20-9-3-2-6-15(8-9)21(18,19)10-4-5-12(14)11(7-10)13(16)17/h4-5,7,9H,2-3,6,8H2,1H3,(H,16,17). The molecule has 1 heterocycles. The first-order chi connectivity index (χ1) is 9.86. The Balaban J connectivity index is 2.35. The fourth-order valence-electron chi connectivity index (χ4n) is 2.29. The van der Waals surface area contributed by atoms with E-state index in [2.05, 4.69) is 0 Å². The van der Waals surface area contributed by atoms with Gasteiger partial charge in [0.15, 0.2) is 0 Å². The van der Waals surface area contributed by atoms with Crippen LogP contribution in [-0.4, -0.2) is 50.1 Å². The highest BCUT2D eigenvalue weighted by atomic mass is 32.2. The first-order valence-electron chi connectivity index (χ1n) is 6.42. The molecular weight excluding hydrogens is 301 g/mol. The zero-order chi connectivity index (χ0) is 15.6. The molecule has 6 nitrogen and oxygen atoms in total. The molecule has 1 fully saturated rings. The van der Waals surface area contributed by atoms with Gasteiger partial charge in [0, 0.05) is 20.2 Å². The van der Waals surface area contributed by atoms with E-state index in [-0.39, 0.29) is 17.5 Å². The van der Waals surface area contributed by atoms with Gasteiger partial charge in [-0.05, 0) is 31.0 Å². The average molecular weight is 317 g/mol. The van der Waals surface area contributed by atoms with Crippen molar-refractivity contribution in [3.8, 4) is 0 Å². The van der Waals surface area contributed by atoms with Crippen LogP contribution in [0.3, 0.4) is 0 Å². The van der Waals surface area contributed by atoms with E-state index in [0.29, 0.717) is 13.0 Å². The third kappa shape index (κ3) is 3.22. The lowest BCUT2D eigenvalue weighted by Gasteiger charge is -2.31. The molecule has 8 heteroatoms. The molecule has 0 bridgehead atoms. The number of benzene rings is 1. The summed E-state index contributed by atoms with van der Waals surface area (Å²) in [6.45, 7) is 0.542. The van der Waals surface area contributed by atoms with E-state index in [0.717, 1.165) is 24.6 Å². The Hall–Kier alpha value is -1.51. The van der Waals surface area contributed by atoms with Crippen molar-refractivity contribution in [3.63, 3.8) is 0 Å². The lowest BCUT2D eigenvalue weighted by atomic mass is 10.1. The van der Waals surface area contributed by atoms with Crippen molar-refractivity contribution in [2.45, 2.75) is 23.8 Å². The minimum Gasteiger partial charge on any atom is -0.478 e. The number of aromatic carboxylic acids is 1. The lowest BCUT2D eigenvalue weighted by Crippen LogP contribution is -2.42. The molecule has 1 unspecified atom stereocenters. The van der Waals surface area contributed by atoms with Crippen molar-refractivity contribution < 1.29 is 27.4 Å². The predicted octanol–water partition coefficient (Wildman–Crippen LogP) is 1.32. The van der Waals surface area contributed by atoms with Crippen molar-refractivity contribution in [1.29, 1.82) is 0 Å². The van der Waals surface area contributed by atoms with Gasteiger partial charge in [-0.3, -0.25) is 0 Å². The van der Waals surface area contributed by atoms with E-state index in [9.17, 15) is 17.6 Å². The van der Waals surface area contributed by atoms with Crippen LogP contribution < -0.4 is 0 Å². The van der Waals surface area contributed by atoms with Gasteiger partial charge >= 0.3 is 5.97 Å². The number of methoxy groups -OCH3 is 1. The van der Waals surface area contributed by atoms with Crippen molar-refractivity contribution in [1.82, 2.24) is 4.31 Å². The number of carboxylic acid groups (broad SMARTS) is 1. The molecule has 0 aromatic heterocycles. The Kier molecular flexibility index (Phi) is 4.60. The number of hydrogen-bond donors (Lipinski definition) is 1. The summed E-state index contributed by atoms with van der Waals surface area (Å²) in [4.78, 5) is 10.7. The highest BCUT2D eigenvalue weighted by molar-refractivity contribution is 7.89. The number of ether oxygens (including phenoxy) is 1. The molecule has 1 aromatic rings. The molecule has 1 saturated heterocycles. The van der Waals surface area contributed by atoms with Crippen LogP contribution in [0.5, 0.6) is 0 Å². The minimum absolute atomic E-state index is 0.187. The summed E-state index contributed by atoms with van der Waals surface area (Å²) in [5.74, 6) is -2.46. The zero-order valence-corrected chi connectivity index (χ0v) is 12.3. The van der Waals surface area contributed by atoms with E-state index < -0.39 is 27.4 Å². The number of halogens is 1. The average Bonchev–Trinajstić information content (AvgIpc) is 2.47. The van der Waals surface area contributed by atoms with Crippen LogP contribution in [0, 0.1) is 5.82 Å². The quantitative estimate of drug-likeness (QED) is 0.905. The SMILES string of the molecule is COC1CCCN(S(=O)(=O)c2ccc(F)c(C(=O)O)c2)C1. The van der Waals surface area contributed by atoms with Gasteiger partial charge < -0.3 is 9.84 Å². The number of hydrogen-bond acceptors (Lipinski definition) is 4. The molecule has 1 aliphatic heterocycles. The van der Waals surface area contributed by atoms with Crippen LogP contribution in [0.2, 0.25) is 0 Å². The zero-order valence-electron chi connectivity index (χ0n) is 11.5. The van der Waals surface area contributed by atoms with Gasteiger partial charge in [-0.15, -0.1) is 0 Å². The molecule has 0 amide bonds. The Morgan fingerprint density at radius 2 is 2.19 bits per heavy atom. The van der Waals surface area contributed by atoms with Crippen LogP contribution in [0.1, 0.15) is 23.2 Å². The molecule has 0 saturated carbocycles. The fraction of sp³-hybridized carbons (Fsp3) is 0.462. The van der Waals surface area contributed by atoms with Gasteiger partial charge in [-0.25, -0.2) is 17.6 Å². The fourth-order valence-corrected chi connectivity index (χ4v) is 3.83. The largest absolute Gasteiger partial charge is 0.478 e. The number of carbonyl (C=O) groups is 1. The van der Waals surface area contributed by atoms with E-state index in [1.165, 1.54) is 11.4 Å². The van der Waals surface area contributed by atoms with Gasteiger partial charge in [0.1, 0.15) is 5.82 Å². The summed E-state index contributed by atoms with van der Waals surface area (Å²) in [6, 6.07) is 2.78. The normalized spacial score (nSPS) is 20.4. The maximum absolute atomic E-state index is 13.4. The second-order valence-corrected chi connectivity index (χ2v) is 6.75. The highest BCUT2D eigenvalue weighted by Crippen LogP contribution is 2.23. The van der Waals surface area contributed by atoms with Crippen molar-refractivity contribution in [2.24, 2.45) is 0 Å². The van der Waals surface area contributed by atoms with Gasteiger partial charge in [-0.2, -0.15) is 4.31 Å². The first kappa shape index (κ1) is 15.9. The molecule has 1 N–H and O–H groups in total. The molecule has 1 atom stereocenters. The molecule has 0 radical (unpaired) electrons. The summed E-state index contributed by atoms with van der Waals surface area (Å²) in [7, 11) is -2.34. The Morgan fingerprint density at radius 3 is 2.81 bits per heavy atom. The Morgan fingerprint density at radius 1 is 1.48 bits per heavy atom. The van der Waals surface area contributed by atoms with E-state index in [4.69, 9.17) is 9.84 Å². The molecule has 116 valence electrons. The molecule has 1 aromatic carbocycles. The third-order valence-electron chi connectivity index (χ3n) is 3.48. The number of carboxylic acids is 1. The minimum atomic E-state index is -3.85. The maximum Gasteiger partial charge on any atom is 0.338 e. The molecule has 1 aliphatic rings. The molecule has 0 aliphatic carbocycles. The van der Waals surface area contributed by atoms with Crippen LogP contribution in [0.15, 0.2) is 23.1 Å². The number of nitrogens with zero attached hydrogens (tertiary/aromatic N) is 1. The maximum atomic E-state index is 13.4. The number of rotatable bonds is 4. The van der Waals surface area contributed by atoms with E-state index in [1.807, 2.05) is 0 Å². The third-order valence-corrected chi connectivity index (χ3v) is 5.34. The van der Waals surface area contributed by atoms with E-state index in [1.54, 1.807) is 0 Å². The van der Waals surface area contributed by atoms with Crippen LogP contribution >= 0.6 is 0 Å². The smallest absolute Gasteiger partial charge is 0.338 e. The lowest BCUT2D eigenvalue weighted by molar-refractivity contribution is 0.0571. The monoisotopic (exact) mass is 317 g/mol. The second-order valence-electron chi connectivity index (χ2n) is 4.81. The predicted molar refractivity (Wildman–Crippen MR) is 72.1 cm³/mol. The summed E-state index contributed by atoms with van der Waals surface area (Å²) >= 11 is 0. The number of piperidine rings is 1. The van der Waals surface area contributed by atoms with Gasteiger partial charge in [0.2, 0.25) is 10.0 Å². The van der Waals surface area contributed by atoms with Crippen molar-refractivity contribution in [3.05, 3.63) is 29.6 Å².